The fourth-order valence-corrected chi connectivity index (χ4v) is 0.427. The van der Waals surface area contributed by atoms with Crippen LogP contribution in [0.2, 0.25) is 0 Å². The lowest BCUT2D eigenvalue weighted by atomic mass is 10.6. The highest BCUT2D eigenvalue weighted by Crippen LogP contribution is 2.10. The summed E-state index contributed by atoms with van der Waals surface area (Å²) in [7, 11) is 0. The van der Waals surface area contributed by atoms with Crippen molar-refractivity contribution in [1.82, 2.24) is 0 Å². The average molecular weight is 144 g/mol. The van der Waals surface area contributed by atoms with Crippen molar-refractivity contribution in [1.29, 1.82) is 0 Å². The molecular formula is C8H16S. The molecule has 0 aliphatic carbocycles. The SMILES string of the molecule is C=CSC(=C)C.CCC. The second kappa shape index (κ2) is 10.7. The molecule has 0 saturated carbocycles. The van der Waals surface area contributed by atoms with Gasteiger partial charge in [-0.05, 0) is 17.2 Å². The molecule has 0 spiro atoms. The normalized spacial score (nSPS) is 7.00. The van der Waals surface area contributed by atoms with E-state index in [-0.39, 0.29) is 0 Å². The fraction of sp³-hybridized carbons (Fsp3) is 0.500. The van der Waals surface area contributed by atoms with Gasteiger partial charge >= 0.3 is 0 Å². The van der Waals surface area contributed by atoms with Crippen molar-refractivity contribution in [2.24, 2.45) is 0 Å². The fourth-order valence-electron chi connectivity index (χ4n) is 0.142. The van der Waals surface area contributed by atoms with E-state index in [4.69, 9.17) is 0 Å². The Morgan fingerprint density at radius 2 is 1.89 bits per heavy atom. The van der Waals surface area contributed by atoms with E-state index in [0.29, 0.717) is 0 Å². The molecule has 0 aliphatic rings. The predicted octanol–water partition coefficient (Wildman–Crippen LogP) is 3.81. The summed E-state index contributed by atoms with van der Waals surface area (Å²) < 4.78 is 0. The quantitative estimate of drug-likeness (QED) is 0.568. The maximum atomic E-state index is 3.64. The van der Waals surface area contributed by atoms with Crippen LogP contribution in [0.15, 0.2) is 23.5 Å². The molecular weight excluding hydrogens is 128 g/mol. The Labute approximate surface area is 63.0 Å². The summed E-state index contributed by atoms with van der Waals surface area (Å²) in [5.74, 6) is 0. The minimum absolute atomic E-state index is 1.09. The maximum Gasteiger partial charge on any atom is -0.0211 e. The summed E-state index contributed by atoms with van der Waals surface area (Å²) in [6, 6.07) is 0. The van der Waals surface area contributed by atoms with Crippen molar-refractivity contribution in [3.8, 4) is 0 Å². The summed E-state index contributed by atoms with van der Waals surface area (Å²) in [5.41, 5.74) is 0. The summed E-state index contributed by atoms with van der Waals surface area (Å²) in [5, 5.41) is 1.77. The Hall–Kier alpha value is -0.170. The Morgan fingerprint density at radius 1 is 1.56 bits per heavy atom. The Morgan fingerprint density at radius 3 is 1.89 bits per heavy atom. The van der Waals surface area contributed by atoms with E-state index in [9.17, 15) is 0 Å². The lowest BCUT2D eigenvalue weighted by Gasteiger charge is -1.82. The molecule has 0 amide bonds. The van der Waals surface area contributed by atoms with Gasteiger partial charge in [0.2, 0.25) is 0 Å². The van der Waals surface area contributed by atoms with Crippen LogP contribution in [-0.2, 0) is 0 Å². The van der Waals surface area contributed by atoms with E-state index in [2.05, 4.69) is 27.0 Å². The highest BCUT2D eigenvalue weighted by molar-refractivity contribution is 8.05. The van der Waals surface area contributed by atoms with Gasteiger partial charge in [-0.3, -0.25) is 0 Å². The number of allylic oxidation sites excluding steroid dienone is 1. The first-order valence-electron chi connectivity index (χ1n) is 3.12. The zero-order valence-corrected chi connectivity index (χ0v) is 7.42. The van der Waals surface area contributed by atoms with Crippen molar-refractivity contribution in [3.63, 3.8) is 0 Å². The van der Waals surface area contributed by atoms with Crippen molar-refractivity contribution in [3.05, 3.63) is 23.5 Å². The predicted molar refractivity (Wildman–Crippen MR) is 48.6 cm³/mol. The van der Waals surface area contributed by atoms with Crippen LogP contribution in [-0.4, -0.2) is 0 Å². The average Bonchev–Trinajstić information content (AvgIpc) is 1.67. The van der Waals surface area contributed by atoms with E-state index in [0.717, 1.165) is 4.91 Å². The second-order valence-corrected chi connectivity index (χ2v) is 2.96. The zero-order chi connectivity index (χ0) is 7.70. The molecule has 0 aromatic heterocycles. The molecule has 0 rings (SSSR count). The molecule has 0 radical (unpaired) electrons. The topological polar surface area (TPSA) is 0 Å². The molecule has 0 atom stereocenters. The summed E-state index contributed by atoms with van der Waals surface area (Å²) in [6.07, 6.45) is 1.25. The van der Waals surface area contributed by atoms with Gasteiger partial charge in [0.1, 0.15) is 0 Å². The van der Waals surface area contributed by atoms with E-state index < -0.39 is 0 Å². The van der Waals surface area contributed by atoms with E-state index in [1.165, 1.54) is 6.42 Å². The van der Waals surface area contributed by atoms with Crippen LogP contribution in [0.25, 0.3) is 0 Å². The molecule has 9 heavy (non-hydrogen) atoms. The first-order chi connectivity index (χ1) is 4.18. The van der Waals surface area contributed by atoms with Crippen molar-refractivity contribution in [2.75, 3.05) is 0 Å². The second-order valence-electron chi connectivity index (χ2n) is 1.69. The molecule has 1 heteroatoms. The summed E-state index contributed by atoms with van der Waals surface area (Å²) >= 11 is 1.56. The third-order valence-electron chi connectivity index (χ3n) is 0.285. The van der Waals surface area contributed by atoms with E-state index >= 15 is 0 Å². The van der Waals surface area contributed by atoms with Gasteiger partial charge in [0.05, 0.1) is 0 Å². The summed E-state index contributed by atoms with van der Waals surface area (Å²) in [4.78, 5) is 1.09. The lowest BCUT2D eigenvalue weighted by Crippen LogP contribution is -1.48. The number of hydrogen-bond acceptors (Lipinski definition) is 1. The monoisotopic (exact) mass is 144 g/mol. The van der Waals surface area contributed by atoms with Gasteiger partial charge in [0, 0.05) is 0 Å². The highest BCUT2D eigenvalue weighted by Gasteiger charge is 1.71. The van der Waals surface area contributed by atoms with Crippen molar-refractivity contribution in [2.45, 2.75) is 27.2 Å². The zero-order valence-electron chi connectivity index (χ0n) is 6.61. The smallest absolute Gasteiger partial charge is 0.0211 e. The van der Waals surface area contributed by atoms with Gasteiger partial charge in [-0.1, -0.05) is 33.4 Å². The van der Waals surface area contributed by atoms with Gasteiger partial charge < -0.3 is 0 Å². The molecule has 54 valence electrons. The molecule has 0 heterocycles. The van der Waals surface area contributed by atoms with Crippen LogP contribution in [0.5, 0.6) is 0 Å². The molecule has 0 aliphatic heterocycles. The van der Waals surface area contributed by atoms with Crippen molar-refractivity contribution < 1.29 is 0 Å². The van der Waals surface area contributed by atoms with E-state index in [1.807, 2.05) is 6.92 Å². The molecule has 0 saturated heterocycles. The third-order valence-corrected chi connectivity index (χ3v) is 0.854. The van der Waals surface area contributed by atoms with Gasteiger partial charge in [-0.25, -0.2) is 0 Å². The Bertz CT molecular complexity index is 74.6. The lowest BCUT2D eigenvalue weighted by molar-refractivity contribution is 1.09. The van der Waals surface area contributed by atoms with Crippen molar-refractivity contribution >= 4 is 11.8 Å². The largest absolute Gasteiger partial charge is 0.104 e. The summed E-state index contributed by atoms with van der Waals surface area (Å²) in [6.45, 7) is 13.3. The van der Waals surface area contributed by atoms with Crippen LogP contribution < -0.4 is 0 Å². The molecule has 0 fully saturated rings. The third kappa shape index (κ3) is 33.2. The maximum absolute atomic E-state index is 3.64. The van der Waals surface area contributed by atoms with Gasteiger partial charge in [-0.2, -0.15) is 0 Å². The standard InChI is InChI=1S/C5H8S.C3H8/c1-4-6-5(2)3;1-3-2/h4H,1-2H2,3H3;3H2,1-2H3. The van der Waals surface area contributed by atoms with Crippen LogP contribution in [0.3, 0.4) is 0 Å². The Balaban J connectivity index is 0. The number of hydrogen-bond donors (Lipinski definition) is 0. The van der Waals surface area contributed by atoms with Gasteiger partial charge in [0.15, 0.2) is 0 Å². The number of rotatable bonds is 2. The molecule has 0 aromatic carbocycles. The van der Waals surface area contributed by atoms with Crippen LogP contribution in [0.1, 0.15) is 27.2 Å². The molecule has 0 unspecified atom stereocenters. The Kier molecular flexibility index (Phi) is 13.9. The molecule has 0 nitrogen and oxygen atoms in total. The minimum atomic E-state index is 1.09. The molecule has 0 bridgehead atoms. The van der Waals surface area contributed by atoms with Crippen LogP contribution in [0, 0.1) is 0 Å². The van der Waals surface area contributed by atoms with Gasteiger partial charge in [-0.15, -0.1) is 11.8 Å². The first kappa shape index (κ1) is 11.6. The number of thioether (sulfide) groups is 1. The van der Waals surface area contributed by atoms with Gasteiger partial charge in [0.25, 0.3) is 0 Å². The van der Waals surface area contributed by atoms with Crippen LogP contribution in [0.4, 0.5) is 0 Å². The minimum Gasteiger partial charge on any atom is -0.104 e. The molecule has 0 aromatic rings. The van der Waals surface area contributed by atoms with Crippen LogP contribution >= 0.6 is 11.8 Å². The van der Waals surface area contributed by atoms with E-state index in [1.54, 1.807) is 17.2 Å². The first-order valence-corrected chi connectivity index (χ1v) is 4.00. The highest BCUT2D eigenvalue weighted by atomic mass is 32.2. The molecule has 0 N–H and O–H groups in total.